The number of aryl methyl sites for hydroxylation is 2. The van der Waals surface area contributed by atoms with Gasteiger partial charge in [0.1, 0.15) is 12.9 Å². The molecule has 0 saturated carbocycles. The van der Waals surface area contributed by atoms with Crippen molar-refractivity contribution < 1.29 is 9.72 Å². The summed E-state index contributed by atoms with van der Waals surface area (Å²) in [6.45, 7) is 3.79. The third-order valence-corrected chi connectivity index (χ3v) is 3.61. The molecule has 2 aromatic heterocycles. The van der Waals surface area contributed by atoms with Crippen LogP contribution >= 0.6 is 0 Å². The number of nitrogens with one attached hydrogen (secondary N) is 1. The zero-order valence-corrected chi connectivity index (χ0v) is 13.2. The Labute approximate surface area is 137 Å². The first-order valence-electron chi connectivity index (χ1n) is 7.27. The van der Waals surface area contributed by atoms with Crippen LogP contribution in [-0.4, -0.2) is 30.5 Å². The van der Waals surface area contributed by atoms with Crippen LogP contribution in [0.4, 0.5) is 5.69 Å². The van der Waals surface area contributed by atoms with Gasteiger partial charge in [-0.3, -0.25) is 14.9 Å². The van der Waals surface area contributed by atoms with E-state index >= 15 is 0 Å². The number of aromatic nitrogens is 4. The lowest BCUT2D eigenvalue weighted by atomic mass is 10.1. The van der Waals surface area contributed by atoms with Crippen molar-refractivity contribution in [3.63, 3.8) is 0 Å². The molecule has 0 aliphatic rings. The molecule has 0 spiro atoms. The van der Waals surface area contributed by atoms with Gasteiger partial charge in [-0.25, -0.2) is 9.67 Å². The van der Waals surface area contributed by atoms with Gasteiger partial charge in [0.15, 0.2) is 11.6 Å². The number of ketones is 1. The van der Waals surface area contributed by atoms with Crippen LogP contribution < -0.4 is 0 Å². The monoisotopic (exact) mass is 325 g/mol. The molecule has 1 aromatic carbocycles. The number of Topliss-reactive ketones (excluding diaryl/α,β-unsaturated/α-hetero) is 1. The molecule has 0 bridgehead atoms. The van der Waals surface area contributed by atoms with Crippen molar-refractivity contribution in [3.05, 3.63) is 63.7 Å². The molecule has 0 aliphatic heterocycles. The molecule has 0 atom stereocenters. The standard InChI is InChI=1S/C16H15N5O3/c1-10-6-14(11(2)18-10)15(22)8-20-9-17-16(19-20)12-4-3-5-13(7-12)21(23)24/h3-7,9,18H,8H2,1-2H3. The Bertz CT molecular complexity index is 925. The highest BCUT2D eigenvalue weighted by Gasteiger charge is 2.14. The number of H-pyrrole nitrogens is 1. The maximum Gasteiger partial charge on any atom is 0.270 e. The predicted octanol–water partition coefficient (Wildman–Crippen LogP) is 2.68. The SMILES string of the molecule is Cc1cc(C(=O)Cn2cnc(-c3cccc([N+](=O)[O-])c3)n2)c(C)[nH]1. The minimum absolute atomic E-state index is 0.0293. The number of non-ortho nitro benzene ring substituents is 1. The fourth-order valence-corrected chi connectivity index (χ4v) is 2.51. The number of benzene rings is 1. The second-order valence-corrected chi connectivity index (χ2v) is 5.49. The average molecular weight is 325 g/mol. The van der Waals surface area contributed by atoms with Crippen LogP contribution in [-0.2, 0) is 6.54 Å². The van der Waals surface area contributed by atoms with E-state index in [1.807, 2.05) is 13.8 Å². The molecule has 0 unspecified atom stereocenters. The number of aromatic amines is 1. The van der Waals surface area contributed by atoms with Crippen LogP contribution in [0.2, 0.25) is 0 Å². The summed E-state index contributed by atoms with van der Waals surface area (Å²) < 4.78 is 1.43. The number of nitrogens with zero attached hydrogens (tertiary/aromatic N) is 4. The van der Waals surface area contributed by atoms with Gasteiger partial charge in [-0.05, 0) is 19.9 Å². The minimum Gasteiger partial charge on any atom is -0.362 e. The number of nitro benzene ring substituents is 1. The Hall–Kier alpha value is -3.29. The summed E-state index contributed by atoms with van der Waals surface area (Å²) in [6.07, 6.45) is 1.45. The normalized spacial score (nSPS) is 10.8. The Morgan fingerprint density at radius 2 is 2.12 bits per heavy atom. The molecule has 8 heteroatoms. The molecule has 24 heavy (non-hydrogen) atoms. The number of carbonyl (C=O) groups excluding carboxylic acids is 1. The maximum absolute atomic E-state index is 12.3. The molecular weight excluding hydrogens is 310 g/mol. The van der Waals surface area contributed by atoms with Crippen LogP contribution in [0.3, 0.4) is 0 Å². The lowest BCUT2D eigenvalue weighted by Crippen LogP contribution is -2.11. The van der Waals surface area contributed by atoms with Crippen LogP contribution in [0.15, 0.2) is 36.7 Å². The van der Waals surface area contributed by atoms with E-state index in [2.05, 4.69) is 15.1 Å². The van der Waals surface area contributed by atoms with Crippen molar-refractivity contribution in [2.45, 2.75) is 20.4 Å². The molecule has 0 saturated heterocycles. The molecule has 0 fully saturated rings. The minimum atomic E-state index is -0.471. The smallest absolute Gasteiger partial charge is 0.270 e. The van der Waals surface area contributed by atoms with Crippen LogP contribution in [0.25, 0.3) is 11.4 Å². The van der Waals surface area contributed by atoms with E-state index in [1.54, 1.807) is 18.2 Å². The number of rotatable bonds is 5. The molecule has 8 nitrogen and oxygen atoms in total. The van der Waals surface area contributed by atoms with Gasteiger partial charge >= 0.3 is 0 Å². The highest BCUT2D eigenvalue weighted by molar-refractivity contribution is 5.97. The van der Waals surface area contributed by atoms with Crippen LogP contribution in [0, 0.1) is 24.0 Å². The summed E-state index contributed by atoms with van der Waals surface area (Å²) in [5.74, 6) is 0.265. The van der Waals surface area contributed by atoms with E-state index in [1.165, 1.54) is 23.1 Å². The van der Waals surface area contributed by atoms with Gasteiger partial charge in [0.25, 0.3) is 5.69 Å². The molecule has 2 heterocycles. The van der Waals surface area contributed by atoms with E-state index in [0.29, 0.717) is 17.0 Å². The van der Waals surface area contributed by atoms with Gasteiger partial charge in [-0.1, -0.05) is 12.1 Å². The zero-order chi connectivity index (χ0) is 17.3. The first-order valence-corrected chi connectivity index (χ1v) is 7.27. The number of nitro groups is 1. The third kappa shape index (κ3) is 3.07. The molecule has 0 amide bonds. The fraction of sp³-hybridized carbons (Fsp3) is 0.188. The molecule has 0 aliphatic carbocycles. The van der Waals surface area contributed by atoms with Crippen molar-refractivity contribution in [1.29, 1.82) is 0 Å². The summed E-state index contributed by atoms with van der Waals surface area (Å²) in [6, 6.07) is 7.87. The maximum atomic E-state index is 12.3. The molecule has 3 aromatic rings. The summed E-state index contributed by atoms with van der Waals surface area (Å²) in [5, 5.41) is 15.1. The molecular formula is C16H15N5O3. The van der Waals surface area contributed by atoms with E-state index in [4.69, 9.17) is 0 Å². The predicted molar refractivity (Wildman–Crippen MR) is 86.7 cm³/mol. The van der Waals surface area contributed by atoms with E-state index in [-0.39, 0.29) is 18.0 Å². The van der Waals surface area contributed by atoms with E-state index in [9.17, 15) is 14.9 Å². The highest BCUT2D eigenvalue weighted by Crippen LogP contribution is 2.20. The van der Waals surface area contributed by atoms with Gasteiger partial charge in [0.05, 0.1) is 4.92 Å². The molecule has 0 radical (unpaired) electrons. The first-order chi connectivity index (χ1) is 11.4. The Kier molecular flexibility index (Phi) is 3.95. The van der Waals surface area contributed by atoms with Crippen molar-refractivity contribution in [1.82, 2.24) is 19.7 Å². The summed E-state index contributed by atoms with van der Waals surface area (Å²) >= 11 is 0. The first kappa shape index (κ1) is 15.6. The molecule has 3 rings (SSSR count). The topological polar surface area (TPSA) is 107 Å². The van der Waals surface area contributed by atoms with Crippen molar-refractivity contribution in [2.75, 3.05) is 0 Å². The van der Waals surface area contributed by atoms with Gasteiger partial charge < -0.3 is 4.98 Å². The fourth-order valence-electron chi connectivity index (χ4n) is 2.51. The molecule has 1 N–H and O–H groups in total. The van der Waals surface area contributed by atoms with Crippen LogP contribution in [0.5, 0.6) is 0 Å². The largest absolute Gasteiger partial charge is 0.362 e. The third-order valence-electron chi connectivity index (χ3n) is 3.61. The average Bonchev–Trinajstić information content (AvgIpc) is 3.13. The highest BCUT2D eigenvalue weighted by atomic mass is 16.6. The second-order valence-electron chi connectivity index (χ2n) is 5.49. The summed E-state index contributed by atoms with van der Waals surface area (Å²) in [7, 11) is 0. The van der Waals surface area contributed by atoms with Crippen LogP contribution in [0.1, 0.15) is 21.7 Å². The van der Waals surface area contributed by atoms with Crippen molar-refractivity contribution >= 4 is 11.5 Å². The lowest BCUT2D eigenvalue weighted by Gasteiger charge is -2.00. The number of hydrogen-bond donors (Lipinski definition) is 1. The number of hydrogen-bond acceptors (Lipinski definition) is 5. The van der Waals surface area contributed by atoms with Crippen molar-refractivity contribution in [3.8, 4) is 11.4 Å². The Morgan fingerprint density at radius 3 is 2.79 bits per heavy atom. The van der Waals surface area contributed by atoms with Gasteiger partial charge in [0.2, 0.25) is 0 Å². The number of carbonyl (C=O) groups is 1. The Morgan fingerprint density at radius 1 is 1.33 bits per heavy atom. The zero-order valence-electron chi connectivity index (χ0n) is 13.2. The van der Waals surface area contributed by atoms with E-state index in [0.717, 1.165) is 11.4 Å². The lowest BCUT2D eigenvalue weighted by molar-refractivity contribution is -0.384. The Balaban J connectivity index is 1.81. The second kappa shape index (κ2) is 6.07. The summed E-state index contributed by atoms with van der Waals surface area (Å²) in [4.78, 5) is 29.9. The van der Waals surface area contributed by atoms with Gasteiger partial charge in [-0.2, -0.15) is 5.10 Å². The molecule has 122 valence electrons. The van der Waals surface area contributed by atoms with Gasteiger partial charge in [-0.15, -0.1) is 0 Å². The van der Waals surface area contributed by atoms with Gasteiger partial charge in [0, 0.05) is 34.6 Å². The van der Waals surface area contributed by atoms with E-state index < -0.39 is 4.92 Å². The van der Waals surface area contributed by atoms with Crippen molar-refractivity contribution in [2.24, 2.45) is 0 Å². The quantitative estimate of drug-likeness (QED) is 0.441. The summed E-state index contributed by atoms with van der Waals surface area (Å²) in [5.41, 5.74) is 2.87.